The van der Waals surface area contributed by atoms with Crippen molar-refractivity contribution in [3.8, 4) is 6.07 Å². The average molecular weight is 761 g/mol. The van der Waals surface area contributed by atoms with Crippen molar-refractivity contribution >= 4 is 34.4 Å². The molecule has 0 saturated carbocycles. The number of benzene rings is 1. The number of carbonyl (C=O) groups is 2. The molecule has 7 N–H and O–H groups in total. The number of fused-ring (bicyclic) bond motifs is 2. The maximum Gasteiger partial charge on any atom is 0.274 e. The maximum absolute atomic E-state index is 13.4. The fourth-order valence-electron chi connectivity index (χ4n) is 7.33. The zero-order chi connectivity index (χ0) is 39.8. The summed E-state index contributed by atoms with van der Waals surface area (Å²) in [6.07, 6.45) is 11.4. The van der Waals surface area contributed by atoms with Crippen molar-refractivity contribution in [1.29, 1.82) is 5.26 Å². The first-order valence-electron chi connectivity index (χ1n) is 19.6. The molecule has 2 amide bonds. The van der Waals surface area contributed by atoms with E-state index >= 15 is 0 Å². The second-order valence-electron chi connectivity index (χ2n) is 14.8. The van der Waals surface area contributed by atoms with Gasteiger partial charge in [0.25, 0.3) is 5.91 Å². The molecule has 0 atom stereocenters. The van der Waals surface area contributed by atoms with E-state index < -0.39 is 5.60 Å². The van der Waals surface area contributed by atoms with Gasteiger partial charge in [-0.3, -0.25) is 19.2 Å². The lowest BCUT2D eigenvalue weighted by Crippen LogP contribution is -2.62. The van der Waals surface area contributed by atoms with Gasteiger partial charge in [-0.2, -0.15) is 15.5 Å². The molecule has 4 aromatic rings. The summed E-state index contributed by atoms with van der Waals surface area (Å²) in [5, 5.41) is 35.9. The van der Waals surface area contributed by atoms with Gasteiger partial charge in [0.05, 0.1) is 73.8 Å². The van der Waals surface area contributed by atoms with Gasteiger partial charge in [0, 0.05) is 61.9 Å². The second-order valence-corrected chi connectivity index (χ2v) is 14.8. The van der Waals surface area contributed by atoms with E-state index in [-0.39, 0.29) is 5.91 Å². The van der Waals surface area contributed by atoms with E-state index in [1.807, 2.05) is 12.1 Å². The molecule has 0 bridgehead atoms. The van der Waals surface area contributed by atoms with Crippen LogP contribution in [0, 0.1) is 11.3 Å². The fourth-order valence-corrected chi connectivity index (χ4v) is 7.33. The zero-order valence-corrected chi connectivity index (χ0v) is 33.2. The highest BCUT2D eigenvalue weighted by atomic mass is 16.5. The second kappa shape index (κ2) is 21.0. The van der Waals surface area contributed by atoms with Crippen LogP contribution in [0.5, 0.6) is 0 Å². The Morgan fingerprint density at radius 3 is 2.51 bits per heavy atom. The SMILES string of the molecule is CC(C)(O)c1cc2nn(C3CC[N+]4(CC3)CCN(CCOCCNC=O)CC4)cc2cc1NC(=O)c1ccc2cc(C#N)cnn12.CCCCCCN.CN. The number of ether oxygens (including phenoxy) is 1. The number of nitrogens with one attached hydrogen (secondary N) is 2. The summed E-state index contributed by atoms with van der Waals surface area (Å²) in [5.74, 6) is -0.365. The van der Waals surface area contributed by atoms with Crippen LogP contribution in [0.2, 0.25) is 0 Å². The van der Waals surface area contributed by atoms with Crippen molar-refractivity contribution in [1.82, 2.24) is 29.6 Å². The molecular formula is C40H62N11O4+. The van der Waals surface area contributed by atoms with Crippen molar-refractivity contribution in [2.45, 2.75) is 70.9 Å². The number of hydrogen-bond acceptors (Lipinski definition) is 10. The van der Waals surface area contributed by atoms with Crippen LogP contribution in [0.25, 0.3) is 16.4 Å². The van der Waals surface area contributed by atoms with Gasteiger partial charge in [-0.05, 0) is 64.2 Å². The van der Waals surface area contributed by atoms with Gasteiger partial charge in [-0.25, -0.2) is 4.52 Å². The first-order chi connectivity index (χ1) is 26.6. The third-order valence-corrected chi connectivity index (χ3v) is 10.5. The zero-order valence-electron chi connectivity index (χ0n) is 33.2. The van der Waals surface area contributed by atoms with E-state index in [1.54, 1.807) is 32.0 Å². The van der Waals surface area contributed by atoms with Crippen molar-refractivity contribution in [3.05, 3.63) is 59.5 Å². The van der Waals surface area contributed by atoms with Crippen LogP contribution < -0.4 is 22.1 Å². The number of nitrogens with two attached hydrogens (primary N) is 2. The van der Waals surface area contributed by atoms with E-state index in [0.717, 1.165) is 80.6 Å². The molecule has 2 saturated heterocycles. The largest absolute Gasteiger partial charge is 0.386 e. The third kappa shape index (κ3) is 11.8. The molecule has 1 spiro atoms. The number of aromatic nitrogens is 4. The third-order valence-electron chi connectivity index (χ3n) is 10.5. The molecular weight excluding hydrogens is 699 g/mol. The molecule has 3 aromatic heterocycles. The van der Waals surface area contributed by atoms with Crippen LogP contribution in [0.4, 0.5) is 5.69 Å². The molecule has 55 heavy (non-hydrogen) atoms. The molecule has 2 fully saturated rings. The van der Waals surface area contributed by atoms with Crippen molar-refractivity contribution < 1.29 is 23.9 Å². The Morgan fingerprint density at radius 2 is 1.85 bits per heavy atom. The molecule has 1 aromatic carbocycles. The highest BCUT2D eigenvalue weighted by Gasteiger charge is 2.38. The van der Waals surface area contributed by atoms with E-state index in [9.17, 15) is 20.0 Å². The van der Waals surface area contributed by atoms with E-state index in [0.29, 0.717) is 60.2 Å². The summed E-state index contributed by atoms with van der Waals surface area (Å²) < 4.78 is 10.4. The number of piperidine rings is 1. The van der Waals surface area contributed by atoms with E-state index in [2.05, 4.69) is 50.2 Å². The van der Waals surface area contributed by atoms with E-state index in [1.165, 1.54) is 43.4 Å². The Morgan fingerprint density at radius 1 is 1.11 bits per heavy atom. The first-order valence-corrected chi connectivity index (χ1v) is 19.6. The number of rotatable bonds is 15. The molecule has 2 aliphatic heterocycles. The number of piperazine rings is 1. The number of quaternary nitrogens is 1. The molecule has 15 nitrogen and oxygen atoms in total. The van der Waals surface area contributed by atoms with Crippen molar-refractivity contribution in [2.24, 2.45) is 11.5 Å². The normalized spacial score (nSPS) is 15.8. The lowest BCUT2D eigenvalue weighted by molar-refractivity contribution is -0.937. The fraction of sp³-hybridized carbons (Fsp3) is 0.575. The average Bonchev–Trinajstić information content (AvgIpc) is 3.82. The van der Waals surface area contributed by atoms with Crippen molar-refractivity contribution in [3.63, 3.8) is 0 Å². The molecule has 6 rings (SSSR count). The van der Waals surface area contributed by atoms with Crippen LogP contribution in [0.1, 0.15) is 87.0 Å². The number of anilines is 1. The Labute approximate surface area is 325 Å². The van der Waals surface area contributed by atoms with Gasteiger partial charge in [0.1, 0.15) is 11.8 Å². The number of hydrogen-bond donors (Lipinski definition) is 5. The first kappa shape index (κ1) is 43.3. The Kier molecular flexibility index (Phi) is 16.6. The van der Waals surface area contributed by atoms with Crippen LogP contribution >= 0.6 is 0 Å². The standard InChI is InChI=1S/C33H41N9O4.C6H15N.CH5N/c1-33(2,45)28-19-29-25(18-30(28)37-32(44)31-4-3-27-17-24(20-34)21-36-41(27)31)22-40(38-29)26-5-11-42(12-6-26)13-8-39(9-14-42)10-16-46-15-7-35-23-43;1-2-3-4-5-6-7;1-2/h3-4,17-19,21-23,26,45H,5-16H2,1-2H3,(H-,35,37,43,44);2-7H2,1H3;2H2,1H3/p+1. The number of nitriles is 1. The Bertz CT molecular complexity index is 1840. The van der Waals surface area contributed by atoms with Gasteiger partial charge in [-0.1, -0.05) is 26.2 Å². The van der Waals surface area contributed by atoms with Gasteiger partial charge in [0.2, 0.25) is 6.41 Å². The van der Waals surface area contributed by atoms with Gasteiger partial charge in [0.15, 0.2) is 0 Å². The summed E-state index contributed by atoms with van der Waals surface area (Å²) in [7, 11) is 1.50. The molecule has 0 aliphatic carbocycles. The molecule has 300 valence electrons. The molecule has 5 heterocycles. The minimum atomic E-state index is -1.22. The van der Waals surface area contributed by atoms with Crippen LogP contribution in [-0.2, 0) is 15.1 Å². The number of amides is 2. The minimum Gasteiger partial charge on any atom is -0.386 e. The highest BCUT2D eigenvalue weighted by Crippen LogP contribution is 2.34. The Balaban J connectivity index is 0.000000674. The predicted octanol–water partition coefficient (Wildman–Crippen LogP) is 3.37. The monoisotopic (exact) mass is 760 g/mol. The smallest absolute Gasteiger partial charge is 0.274 e. The minimum absolute atomic E-state index is 0.294. The van der Waals surface area contributed by atoms with Gasteiger partial charge < -0.3 is 36.4 Å². The van der Waals surface area contributed by atoms with Gasteiger partial charge >= 0.3 is 0 Å². The van der Waals surface area contributed by atoms with Gasteiger partial charge in [-0.15, -0.1) is 0 Å². The topological polar surface area (TPSA) is 202 Å². The highest BCUT2D eigenvalue weighted by molar-refractivity contribution is 6.05. The summed E-state index contributed by atoms with van der Waals surface area (Å²) in [6, 6.07) is 11.2. The summed E-state index contributed by atoms with van der Waals surface area (Å²) in [4.78, 5) is 26.2. The molecule has 2 aliphatic rings. The Hall–Kier alpha value is -4.43. The lowest BCUT2D eigenvalue weighted by Gasteiger charge is -2.48. The summed E-state index contributed by atoms with van der Waals surface area (Å²) >= 11 is 0. The summed E-state index contributed by atoms with van der Waals surface area (Å²) in [6.45, 7) is 15.8. The summed E-state index contributed by atoms with van der Waals surface area (Å²) in [5.41, 5.74) is 11.8. The lowest BCUT2D eigenvalue weighted by atomic mass is 9.95. The number of aliphatic hydroxyl groups is 1. The van der Waals surface area contributed by atoms with Crippen LogP contribution in [-0.4, -0.2) is 125 Å². The van der Waals surface area contributed by atoms with Crippen LogP contribution in [0.15, 0.2) is 42.7 Å². The maximum atomic E-state index is 13.4. The number of unbranched alkanes of at least 4 members (excludes halogenated alkanes) is 3. The number of nitrogens with zero attached hydrogens (tertiary/aromatic N) is 7. The molecule has 0 unspecified atom stereocenters. The van der Waals surface area contributed by atoms with Crippen LogP contribution in [0.3, 0.4) is 0 Å². The van der Waals surface area contributed by atoms with Crippen molar-refractivity contribution in [2.75, 3.05) is 84.5 Å². The quantitative estimate of drug-likeness (QED) is 0.0680. The van der Waals surface area contributed by atoms with E-state index in [4.69, 9.17) is 15.6 Å². The predicted molar refractivity (Wildman–Crippen MR) is 215 cm³/mol. The molecule has 0 radical (unpaired) electrons. The number of carbonyl (C=O) groups excluding carboxylic acids is 2. The molecule has 15 heteroatoms.